The molecule has 0 radical (unpaired) electrons. The van der Waals surface area contributed by atoms with E-state index in [0.29, 0.717) is 24.4 Å². The van der Waals surface area contributed by atoms with E-state index in [1.807, 2.05) is 52.0 Å². The molecule has 1 atom stereocenters. The molecule has 0 spiro atoms. The van der Waals surface area contributed by atoms with Crippen molar-refractivity contribution in [3.63, 3.8) is 0 Å². The first-order valence-corrected chi connectivity index (χ1v) is 15.4. The minimum atomic E-state index is -4.12. The number of nitrogens with zero attached hydrogens (tertiary/aromatic N) is 2. The Morgan fingerprint density at radius 2 is 1.61 bits per heavy atom. The summed E-state index contributed by atoms with van der Waals surface area (Å²) in [6.45, 7) is 7.93. The molecular formula is C32H41N3O5S. The van der Waals surface area contributed by atoms with Gasteiger partial charge < -0.3 is 15.0 Å². The summed E-state index contributed by atoms with van der Waals surface area (Å²) in [5, 5.41) is 2.95. The van der Waals surface area contributed by atoms with Gasteiger partial charge in [0, 0.05) is 13.1 Å². The van der Waals surface area contributed by atoms with Crippen LogP contribution in [0.5, 0.6) is 5.75 Å². The molecule has 0 heterocycles. The van der Waals surface area contributed by atoms with Crippen molar-refractivity contribution < 1.29 is 22.7 Å². The highest BCUT2D eigenvalue weighted by atomic mass is 32.2. The van der Waals surface area contributed by atoms with Gasteiger partial charge in [0.05, 0.1) is 17.7 Å². The zero-order chi connectivity index (χ0) is 30.0. The largest absolute Gasteiger partial charge is 0.497 e. The van der Waals surface area contributed by atoms with Crippen molar-refractivity contribution in [2.24, 2.45) is 0 Å². The van der Waals surface area contributed by atoms with Gasteiger partial charge in [-0.3, -0.25) is 13.9 Å². The van der Waals surface area contributed by atoms with Crippen LogP contribution in [-0.4, -0.2) is 51.4 Å². The summed E-state index contributed by atoms with van der Waals surface area (Å²) >= 11 is 0. The lowest BCUT2D eigenvalue weighted by atomic mass is 10.1. The third kappa shape index (κ3) is 8.33. The minimum absolute atomic E-state index is 0.0707. The summed E-state index contributed by atoms with van der Waals surface area (Å²) in [7, 11) is -2.60. The van der Waals surface area contributed by atoms with Crippen molar-refractivity contribution >= 4 is 27.5 Å². The molecule has 0 aromatic heterocycles. The summed E-state index contributed by atoms with van der Waals surface area (Å²) in [6.07, 6.45) is 2.13. The molecule has 0 unspecified atom stereocenters. The maximum absolute atomic E-state index is 14.1. The molecular weight excluding hydrogens is 538 g/mol. The molecule has 0 saturated carbocycles. The molecule has 0 saturated heterocycles. The number of benzene rings is 3. The third-order valence-electron chi connectivity index (χ3n) is 6.90. The summed E-state index contributed by atoms with van der Waals surface area (Å²) in [6, 6.07) is 20.0. The number of nitrogens with one attached hydrogen (secondary N) is 1. The number of hydrogen-bond donors (Lipinski definition) is 1. The Morgan fingerprint density at radius 1 is 0.927 bits per heavy atom. The highest BCUT2D eigenvalue weighted by molar-refractivity contribution is 7.92. The Kier molecular flexibility index (Phi) is 11.3. The first kappa shape index (κ1) is 31.7. The number of anilines is 1. The Bertz CT molecular complexity index is 1410. The molecule has 0 bridgehead atoms. The lowest BCUT2D eigenvalue weighted by Crippen LogP contribution is -2.52. The molecule has 3 rings (SSSR count). The Labute approximate surface area is 244 Å². The highest BCUT2D eigenvalue weighted by Gasteiger charge is 2.33. The number of sulfonamides is 1. The van der Waals surface area contributed by atoms with Crippen LogP contribution in [0.4, 0.5) is 5.69 Å². The van der Waals surface area contributed by atoms with Crippen LogP contribution in [0.2, 0.25) is 0 Å². The van der Waals surface area contributed by atoms with E-state index in [4.69, 9.17) is 4.74 Å². The number of aryl methyl sites for hydroxylation is 2. The van der Waals surface area contributed by atoms with Crippen LogP contribution in [-0.2, 0) is 26.2 Å². The van der Waals surface area contributed by atoms with Crippen LogP contribution in [0.3, 0.4) is 0 Å². The molecule has 41 heavy (non-hydrogen) atoms. The van der Waals surface area contributed by atoms with Crippen LogP contribution >= 0.6 is 0 Å². The number of amides is 2. The fourth-order valence-corrected chi connectivity index (χ4v) is 5.96. The first-order valence-electron chi connectivity index (χ1n) is 14.0. The monoisotopic (exact) mass is 579 g/mol. The van der Waals surface area contributed by atoms with Crippen molar-refractivity contribution in [1.29, 1.82) is 0 Å². The number of carbonyl (C=O) groups is 2. The molecule has 3 aromatic rings. The molecule has 0 aliphatic heterocycles. The lowest BCUT2D eigenvalue weighted by molar-refractivity contribution is -0.140. The number of unbranched alkanes of at least 4 members (excludes halogenated alkanes) is 1. The van der Waals surface area contributed by atoms with Gasteiger partial charge in [-0.1, -0.05) is 67.8 Å². The minimum Gasteiger partial charge on any atom is -0.497 e. The van der Waals surface area contributed by atoms with E-state index in [1.165, 1.54) is 24.1 Å². The first-order chi connectivity index (χ1) is 19.6. The van der Waals surface area contributed by atoms with Crippen LogP contribution in [0.1, 0.15) is 49.8 Å². The SMILES string of the molecule is CCCCNC(=O)[C@@H](CC)N(Cc1cccc(C)c1)C(=O)CN(c1ccc(OC)cc1)S(=O)(=O)c1ccc(C)cc1. The zero-order valence-electron chi connectivity index (χ0n) is 24.6. The number of ether oxygens (including phenoxy) is 1. The Balaban J connectivity index is 2.04. The molecule has 3 aromatic carbocycles. The Morgan fingerprint density at radius 3 is 2.20 bits per heavy atom. The van der Waals surface area contributed by atoms with Crippen molar-refractivity contribution in [1.82, 2.24) is 10.2 Å². The van der Waals surface area contributed by atoms with Gasteiger partial charge in [-0.2, -0.15) is 0 Å². The van der Waals surface area contributed by atoms with E-state index in [0.717, 1.165) is 33.8 Å². The Hall–Kier alpha value is -3.85. The average Bonchev–Trinajstić information content (AvgIpc) is 2.96. The summed E-state index contributed by atoms with van der Waals surface area (Å²) in [5.41, 5.74) is 3.11. The summed E-state index contributed by atoms with van der Waals surface area (Å²) in [4.78, 5) is 29.0. The second-order valence-corrected chi connectivity index (χ2v) is 12.0. The van der Waals surface area contributed by atoms with Crippen LogP contribution < -0.4 is 14.4 Å². The maximum atomic E-state index is 14.1. The number of carbonyl (C=O) groups excluding carboxylic acids is 2. The normalized spacial score (nSPS) is 11.9. The van der Waals surface area contributed by atoms with Crippen LogP contribution in [0.25, 0.3) is 0 Å². The van der Waals surface area contributed by atoms with Crippen molar-refractivity contribution in [3.05, 3.63) is 89.5 Å². The molecule has 0 aliphatic carbocycles. The second kappa shape index (κ2) is 14.7. The highest BCUT2D eigenvalue weighted by Crippen LogP contribution is 2.27. The molecule has 0 fully saturated rings. The van der Waals surface area contributed by atoms with Gasteiger partial charge in [0.2, 0.25) is 11.8 Å². The van der Waals surface area contributed by atoms with Gasteiger partial charge in [-0.15, -0.1) is 0 Å². The third-order valence-corrected chi connectivity index (χ3v) is 8.69. The maximum Gasteiger partial charge on any atom is 0.264 e. The van der Waals surface area contributed by atoms with E-state index >= 15 is 0 Å². The lowest BCUT2D eigenvalue weighted by Gasteiger charge is -2.33. The van der Waals surface area contributed by atoms with E-state index in [2.05, 4.69) is 5.32 Å². The van der Waals surface area contributed by atoms with Crippen LogP contribution in [0, 0.1) is 13.8 Å². The van der Waals surface area contributed by atoms with Gasteiger partial charge in [-0.25, -0.2) is 8.42 Å². The summed E-state index contributed by atoms with van der Waals surface area (Å²) in [5.74, 6) is -0.168. The van der Waals surface area contributed by atoms with E-state index in [-0.39, 0.29) is 17.3 Å². The molecule has 2 amide bonds. The molecule has 8 nitrogen and oxygen atoms in total. The summed E-state index contributed by atoms with van der Waals surface area (Å²) < 4.78 is 34.3. The molecule has 0 aliphatic rings. The fraction of sp³-hybridized carbons (Fsp3) is 0.375. The number of hydrogen-bond acceptors (Lipinski definition) is 5. The second-order valence-electron chi connectivity index (χ2n) is 10.1. The quantitative estimate of drug-likeness (QED) is 0.264. The standard InChI is InChI=1S/C32H41N3O5S/c1-6-8-20-33-32(37)30(7-2)34(22-26-11-9-10-25(4)21-26)31(36)23-35(27-14-16-28(40-5)17-15-27)41(38,39)29-18-12-24(3)13-19-29/h9-19,21,30H,6-8,20,22-23H2,1-5H3,(H,33,37)/t30-/m1/s1. The van der Waals surface area contributed by atoms with Crippen molar-refractivity contribution in [3.8, 4) is 5.75 Å². The van der Waals surface area contributed by atoms with Crippen molar-refractivity contribution in [2.75, 3.05) is 24.5 Å². The van der Waals surface area contributed by atoms with Gasteiger partial charge in [-0.05, 0) is 68.7 Å². The molecule has 1 N–H and O–H groups in total. The van der Waals surface area contributed by atoms with Crippen LogP contribution in [0.15, 0.2) is 77.7 Å². The fourth-order valence-electron chi connectivity index (χ4n) is 4.55. The molecule has 220 valence electrons. The van der Waals surface area contributed by atoms with E-state index < -0.39 is 28.5 Å². The number of methoxy groups -OCH3 is 1. The predicted octanol–water partition coefficient (Wildman–Crippen LogP) is 5.23. The van der Waals surface area contributed by atoms with E-state index in [9.17, 15) is 18.0 Å². The zero-order valence-corrected chi connectivity index (χ0v) is 25.4. The van der Waals surface area contributed by atoms with Crippen molar-refractivity contribution in [2.45, 2.75) is 64.4 Å². The smallest absolute Gasteiger partial charge is 0.264 e. The topological polar surface area (TPSA) is 96.0 Å². The van der Waals surface area contributed by atoms with E-state index in [1.54, 1.807) is 36.4 Å². The number of rotatable bonds is 14. The van der Waals surface area contributed by atoms with Gasteiger partial charge in [0.25, 0.3) is 10.0 Å². The van der Waals surface area contributed by atoms with Gasteiger partial charge in [0.1, 0.15) is 18.3 Å². The average molecular weight is 580 g/mol. The van der Waals surface area contributed by atoms with Gasteiger partial charge >= 0.3 is 0 Å². The molecule has 9 heteroatoms. The predicted molar refractivity (Wildman–Crippen MR) is 162 cm³/mol. The van der Waals surface area contributed by atoms with Gasteiger partial charge in [0.15, 0.2) is 0 Å².